The van der Waals surface area contributed by atoms with Gasteiger partial charge in [-0.25, -0.2) is 0 Å². The van der Waals surface area contributed by atoms with Gasteiger partial charge in [-0.05, 0) is 43.9 Å². The largest absolute Gasteiger partial charge is 0.493 e. The average molecular weight is 454 g/mol. The summed E-state index contributed by atoms with van der Waals surface area (Å²) in [5.41, 5.74) is 10.9. The quantitative estimate of drug-likeness (QED) is 0.308. The van der Waals surface area contributed by atoms with Gasteiger partial charge < -0.3 is 20.7 Å². The number of hydrogen-bond acceptors (Lipinski definition) is 7. The van der Waals surface area contributed by atoms with Crippen LogP contribution in [0.4, 0.5) is 13.2 Å². The van der Waals surface area contributed by atoms with Crippen LogP contribution in [0.5, 0.6) is 5.75 Å². The number of ether oxygens (including phenoxy) is 1. The Labute approximate surface area is 185 Å². The van der Waals surface area contributed by atoms with Crippen molar-refractivity contribution >= 4 is 0 Å². The summed E-state index contributed by atoms with van der Waals surface area (Å²) < 4.78 is 51.7. The van der Waals surface area contributed by atoms with E-state index in [2.05, 4.69) is 17.1 Å². The number of allylic oxidation sites excluding steroid dienone is 1. The number of rotatable bonds is 10. The molecule has 1 aromatic heterocycles. The second-order valence-electron chi connectivity index (χ2n) is 7.80. The summed E-state index contributed by atoms with van der Waals surface area (Å²) in [6.07, 6.45) is 3.99. The predicted octanol–water partition coefficient (Wildman–Crippen LogP) is 4.61. The number of halogens is 3. The molecule has 1 fully saturated rings. The fourth-order valence-electron chi connectivity index (χ4n) is 3.71. The van der Waals surface area contributed by atoms with Crippen molar-refractivity contribution < 1.29 is 22.4 Å². The SMILES string of the molecule is CCCC/C=C\CCOc1ccc(-c2noc([C@@H]3CCCN3C(N)N)n2)cc1C(F)(F)F. The van der Waals surface area contributed by atoms with Gasteiger partial charge in [0.15, 0.2) is 0 Å². The zero-order chi connectivity index (χ0) is 23.1. The van der Waals surface area contributed by atoms with Gasteiger partial charge in [0.25, 0.3) is 0 Å². The highest BCUT2D eigenvalue weighted by molar-refractivity contribution is 5.59. The Morgan fingerprint density at radius 2 is 2.06 bits per heavy atom. The van der Waals surface area contributed by atoms with E-state index in [0.717, 1.165) is 38.2 Å². The first-order valence-corrected chi connectivity index (χ1v) is 10.9. The van der Waals surface area contributed by atoms with Crippen LogP contribution in [0.1, 0.15) is 62.9 Å². The van der Waals surface area contributed by atoms with Crippen LogP contribution in [0.15, 0.2) is 34.9 Å². The molecule has 0 spiro atoms. The minimum absolute atomic E-state index is 0.0772. The molecule has 0 saturated carbocycles. The molecule has 1 aliphatic heterocycles. The van der Waals surface area contributed by atoms with Gasteiger partial charge in [0, 0.05) is 12.1 Å². The van der Waals surface area contributed by atoms with E-state index >= 15 is 0 Å². The van der Waals surface area contributed by atoms with E-state index in [-0.39, 0.29) is 29.8 Å². The molecule has 7 nitrogen and oxygen atoms in total. The van der Waals surface area contributed by atoms with E-state index in [9.17, 15) is 13.2 Å². The second-order valence-corrected chi connectivity index (χ2v) is 7.80. The van der Waals surface area contributed by atoms with Gasteiger partial charge in [-0.1, -0.05) is 37.1 Å². The monoisotopic (exact) mass is 453 g/mol. The normalized spacial score (nSPS) is 17.7. The summed E-state index contributed by atoms with van der Waals surface area (Å²) in [4.78, 5) is 6.14. The molecule has 4 N–H and O–H groups in total. The van der Waals surface area contributed by atoms with Gasteiger partial charge in [-0.15, -0.1) is 0 Å². The van der Waals surface area contributed by atoms with Crippen molar-refractivity contribution in [2.45, 2.75) is 64.0 Å². The predicted molar refractivity (Wildman–Crippen MR) is 114 cm³/mol. The third kappa shape index (κ3) is 6.08. The maximum Gasteiger partial charge on any atom is 0.419 e. The molecular formula is C22H30F3N5O2. The molecule has 0 unspecified atom stereocenters. The Morgan fingerprint density at radius 3 is 2.78 bits per heavy atom. The topological polar surface area (TPSA) is 103 Å². The van der Waals surface area contributed by atoms with E-state index in [1.165, 1.54) is 12.1 Å². The van der Waals surface area contributed by atoms with Crippen molar-refractivity contribution in [3.63, 3.8) is 0 Å². The Hall–Kier alpha value is -2.43. The Bertz CT molecular complexity index is 898. The first-order valence-electron chi connectivity index (χ1n) is 10.9. The van der Waals surface area contributed by atoms with Gasteiger partial charge in [0.1, 0.15) is 12.0 Å². The average Bonchev–Trinajstić information content (AvgIpc) is 3.42. The van der Waals surface area contributed by atoms with Crippen molar-refractivity contribution in [3.8, 4) is 17.1 Å². The maximum atomic E-state index is 13.7. The third-order valence-electron chi connectivity index (χ3n) is 5.38. The Kier molecular flexibility index (Phi) is 8.27. The third-order valence-corrected chi connectivity index (χ3v) is 5.38. The van der Waals surface area contributed by atoms with Crippen molar-refractivity contribution in [2.24, 2.45) is 11.5 Å². The van der Waals surface area contributed by atoms with Crippen LogP contribution in [-0.4, -0.2) is 34.5 Å². The van der Waals surface area contributed by atoms with Gasteiger partial charge in [-0.2, -0.15) is 18.2 Å². The van der Waals surface area contributed by atoms with Crippen molar-refractivity contribution in [2.75, 3.05) is 13.2 Å². The zero-order valence-corrected chi connectivity index (χ0v) is 18.1. The molecule has 1 atom stereocenters. The fraction of sp³-hybridized carbons (Fsp3) is 0.545. The molecule has 1 aromatic carbocycles. The van der Waals surface area contributed by atoms with E-state index in [4.69, 9.17) is 20.7 Å². The molecule has 1 aliphatic rings. The lowest BCUT2D eigenvalue weighted by Gasteiger charge is -2.24. The molecule has 3 rings (SSSR count). The molecule has 0 bridgehead atoms. The van der Waals surface area contributed by atoms with E-state index in [1.54, 1.807) is 0 Å². The molecule has 0 radical (unpaired) electrons. The lowest BCUT2D eigenvalue weighted by molar-refractivity contribution is -0.138. The second kappa shape index (κ2) is 10.9. The summed E-state index contributed by atoms with van der Waals surface area (Å²) >= 11 is 0. The number of nitrogens with two attached hydrogens (primary N) is 2. The van der Waals surface area contributed by atoms with Crippen LogP contribution in [0.2, 0.25) is 0 Å². The first-order chi connectivity index (χ1) is 15.3. The van der Waals surface area contributed by atoms with Crippen LogP contribution >= 0.6 is 0 Å². The standard InChI is InChI=1S/C22H30F3N5O2/c1-2-3-4-5-6-7-13-31-18-11-10-15(14-16(18)22(23,24)25)19-28-20(32-29-19)17-9-8-12-30(17)21(26)27/h5-6,10-11,14,17,21H,2-4,7-9,12-13,26-27H2,1H3/b6-5-/t17-/m0/s1. The molecule has 10 heteroatoms. The number of aromatic nitrogens is 2. The smallest absolute Gasteiger partial charge is 0.419 e. The molecule has 0 aliphatic carbocycles. The number of benzene rings is 1. The number of unbranched alkanes of at least 4 members (excludes halogenated alkanes) is 2. The van der Waals surface area contributed by atoms with Gasteiger partial charge >= 0.3 is 6.18 Å². The van der Waals surface area contributed by atoms with Crippen molar-refractivity contribution in [1.29, 1.82) is 0 Å². The Balaban J connectivity index is 1.73. The van der Waals surface area contributed by atoms with Crippen LogP contribution in [0.3, 0.4) is 0 Å². The van der Waals surface area contributed by atoms with E-state index < -0.39 is 18.0 Å². The summed E-state index contributed by atoms with van der Waals surface area (Å²) in [7, 11) is 0. The molecule has 1 saturated heterocycles. The van der Waals surface area contributed by atoms with Crippen molar-refractivity contribution in [3.05, 3.63) is 41.8 Å². The molecule has 0 amide bonds. The van der Waals surface area contributed by atoms with Crippen LogP contribution in [0.25, 0.3) is 11.4 Å². The fourth-order valence-corrected chi connectivity index (χ4v) is 3.71. The summed E-state index contributed by atoms with van der Waals surface area (Å²) in [5, 5.41) is 3.88. The zero-order valence-electron chi connectivity index (χ0n) is 18.1. The summed E-state index contributed by atoms with van der Waals surface area (Å²) in [6, 6.07) is 3.54. The van der Waals surface area contributed by atoms with Gasteiger partial charge in [0.05, 0.1) is 18.2 Å². The molecule has 2 heterocycles. The maximum absolute atomic E-state index is 13.7. The number of likely N-dealkylation sites (tertiary alicyclic amines) is 1. The lowest BCUT2D eigenvalue weighted by Crippen LogP contribution is -2.48. The summed E-state index contributed by atoms with van der Waals surface area (Å²) in [6.45, 7) is 2.96. The number of alkyl halides is 3. The van der Waals surface area contributed by atoms with Crippen LogP contribution < -0.4 is 16.2 Å². The number of nitrogens with zero attached hydrogens (tertiary/aromatic N) is 3. The first kappa shape index (κ1) is 24.2. The molecular weight excluding hydrogens is 423 g/mol. The minimum atomic E-state index is -4.58. The highest BCUT2D eigenvalue weighted by Gasteiger charge is 2.36. The Morgan fingerprint density at radius 1 is 1.28 bits per heavy atom. The minimum Gasteiger partial charge on any atom is -0.493 e. The molecule has 176 valence electrons. The van der Waals surface area contributed by atoms with E-state index in [0.29, 0.717) is 18.9 Å². The highest BCUT2D eigenvalue weighted by atomic mass is 19.4. The number of hydrogen-bond donors (Lipinski definition) is 2. The highest BCUT2D eigenvalue weighted by Crippen LogP contribution is 2.39. The van der Waals surface area contributed by atoms with Crippen LogP contribution in [-0.2, 0) is 6.18 Å². The van der Waals surface area contributed by atoms with E-state index in [1.807, 2.05) is 17.1 Å². The molecule has 32 heavy (non-hydrogen) atoms. The van der Waals surface area contributed by atoms with Gasteiger partial charge in [-0.3, -0.25) is 4.90 Å². The van der Waals surface area contributed by atoms with Crippen molar-refractivity contribution in [1.82, 2.24) is 15.0 Å². The van der Waals surface area contributed by atoms with Gasteiger partial charge in [0.2, 0.25) is 11.7 Å². The lowest BCUT2D eigenvalue weighted by atomic mass is 10.1. The van der Waals surface area contributed by atoms with Crippen LogP contribution in [0, 0.1) is 0 Å². The molecule has 2 aromatic rings. The summed E-state index contributed by atoms with van der Waals surface area (Å²) in [5.74, 6) is 0.151.